The minimum atomic E-state index is -0.125. The summed E-state index contributed by atoms with van der Waals surface area (Å²) in [6, 6.07) is 3.66. The van der Waals surface area contributed by atoms with E-state index in [9.17, 15) is 4.79 Å². The predicted octanol–water partition coefficient (Wildman–Crippen LogP) is 2.86. The molecule has 1 amide bonds. The van der Waals surface area contributed by atoms with Crippen LogP contribution in [0.15, 0.2) is 12.1 Å². The van der Waals surface area contributed by atoms with E-state index >= 15 is 0 Å². The molecule has 7 heteroatoms. The number of nitrogens with one attached hydrogen (secondary N) is 2. The van der Waals surface area contributed by atoms with Gasteiger partial charge in [0.05, 0.1) is 19.2 Å². The fraction of sp³-hybridized carbons (Fsp3) is 0.333. The first-order chi connectivity index (χ1) is 10.5. The third kappa shape index (κ3) is 2.29. The second kappa shape index (κ2) is 5.53. The third-order valence-corrected chi connectivity index (χ3v) is 4.13. The number of hydrogen-bond donors (Lipinski definition) is 2. The number of amides is 1. The van der Waals surface area contributed by atoms with E-state index in [0.29, 0.717) is 28.8 Å². The summed E-state index contributed by atoms with van der Waals surface area (Å²) < 4.78 is 10.6. The monoisotopic (exact) mass is 321 g/mol. The van der Waals surface area contributed by atoms with Gasteiger partial charge in [-0.2, -0.15) is 5.10 Å². The fourth-order valence-corrected chi connectivity index (χ4v) is 3.15. The van der Waals surface area contributed by atoms with Crippen LogP contribution in [0.4, 0.5) is 5.82 Å². The number of nitrogens with zero attached hydrogens (tertiary/aromatic N) is 1. The van der Waals surface area contributed by atoms with Gasteiger partial charge in [-0.05, 0) is 24.6 Å². The van der Waals surface area contributed by atoms with Crippen molar-refractivity contribution in [2.75, 3.05) is 19.5 Å². The van der Waals surface area contributed by atoms with Gasteiger partial charge in [-0.1, -0.05) is 11.6 Å². The zero-order valence-electron chi connectivity index (χ0n) is 12.5. The van der Waals surface area contributed by atoms with Gasteiger partial charge >= 0.3 is 0 Å². The normalized spacial score (nSPS) is 16.9. The first kappa shape index (κ1) is 14.7. The Balaban J connectivity index is 2.13. The number of methoxy groups -OCH3 is 2. The van der Waals surface area contributed by atoms with Gasteiger partial charge in [0.1, 0.15) is 0 Å². The van der Waals surface area contributed by atoms with Crippen molar-refractivity contribution >= 4 is 23.3 Å². The van der Waals surface area contributed by atoms with Gasteiger partial charge < -0.3 is 14.8 Å². The number of rotatable bonds is 3. The van der Waals surface area contributed by atoms with Crippen LogP contribution in [0.5, 0.6) is 11.5 Å². The van der Waals surface area contributed by atoms with Crippen molar-refractivity contribution in [3.63, 3.8) is 0 Å². The van der Waals surface area contributed by atoms with Crippen molar-refractivity contribution in [2.24, 2.45) is 0 Å². The maximum absolute atomic E-state index is 11.9. The summed E-state index contributed by atoms with van der Waals surface area (Å²) in [4.78, 5) is 11.9. The molecule has 1 aromatic heterocycles. The number of ether oxygens (including phenoxy) is 2. The lowest BCUT2D eigenvalue weighted by Gasteiger charge is -2.24. The molecule has 6 nitrogen and oxygen atoms in total. The number of hydrogen-bond acceptors (Lipinski definition) is 4. The Hall–Kier alpha value is -2.21. The molecule has 2 N–H and O–H groups in total. The van der Waals surface area contributed by atoms with Crippen LogP contribution in [0.3, 0.4) is 0 Å². The Labute approximate surface area is 132 Å². The number of aromatic nitrogens is 2. The van der Waals surface area contributed by atoms with Crippen molar-refractivity contribution in [2.45, 2.75) is 19.3 Å². The highest BCUT2D eigenvalue weighted by Crippen LogP contribution is 2.43. The standard InChI is InChI=1S/C15H16ClN3O3/c1-7-13-9(6-12(20)17-15(13)19-18-7)8-4-10(16)14(22-3)11(5-8)21-2/h4-5,9H,6H2,1-3H3,(H2,17,18,19,20). The topological polar surface area (TPSA) is 76.2 Å². The highest BCUT2D eigenvalue weighted by Gasteiger charge is 2.31. The second-order valence-electron chi connectivity index (χ2n) is 5.15. The maximum atomic E-state index is 11.9. The van der Waals surface area contributed by atoms with Crippen LogP contribution < -0.4 is 14.8 Å². The Morgan fingerprint density at radius 3 is 2.77 bits per heavy atom. The molecular weight excluding hydrogens is 306 g/mol. The molecule has 0 saturated carbocycles. The van der Waals surface area contributed by atoms with Gasteiger partial charge in [-0.3, -0.25) is 9.89 Å². The van der Waals surface area contributed by atoms with Gasteiger partial charge in [0.25, 0.3) is 0 Å². The number of carbonyl (C=O) groups excluding carboxylic acids is 1. The molecule has 2 heterocycles. The largest absolute Gasteiger partial charge is 0.493 e. The van der Waals surface area contributed by atoms with E-state index in [1.165, 1.54) is 7.11 Å². The average Bonchev–Trinajstić information content (AvgIpc) is 2.86. The molecule has 0 radical (unpaired) electrons. The second-order valence-corrected chi connectivity index (χ2v) is 5.56. The molecule has 0 fully saturated rings. The van der Waals surface area contributed by atoms with E-state index in [2.05, 4.69) is 15.5 Å². The van der Waals surface area contributed by atoms with Crippen molar-refractivity contribution in [3.8, 4) is 11.5 Å². The summed E-state index contributed by atoms with van der Waals surface area (Å²) in [5.74, 6) is 1.40. The van der Waals surface area contributed by atoms with E-state index in [1.54, 1.807) is 7.11 Å². The number of aromatic amines is 1. The molecule has 1 aliphatic heterocycles. The van der Waals surface area contributed by atoms with Gasteiger partial charge in [0.2, 0.25) is 5.91 Å². The van der Waals surface area contributed by atoms with E-state index in [0.717, 1.165) is 16.8 Å². The van der Waals surface area contributed by atoms with Crippen LogP contribution in [0, 0.1) is 6.92 Å². The minimum Gasteiger partial charge on any atom is -0.493 e. The molecule has 3 rings (SSSR count). The van der Waals surface area contributed by atoms with Gasteiger partial charge in [0, 0.05) is 23.6 Å². The highest BCUT2D eigenvalue weighted by atomic mass is 35.5. The summed E-state index contributed by atoms with van der Waals surface area (Å²) >= 11 is 6.28. The van der Waals surface area contributed by atoms with E-state index < -0.39 is 0 Å². The van der Waals surface area contributed by atoms with E-state index in [1.807, 2.05) is 19.1 Å². The fourth-order valence-electron chi connectivity index (χ4n) is 2.85. The molecule has 116 valence electrons. The number of aryl methyl sites for hydroxylation is 1. The van der Waals surface area contributed by atoms with Crippen LogP contribution in [-0.4, -0.2) is 30.3 Å². The summed E-state index contributed by atoms with van der Waals surface area (Å²) in [6.07, 6.45) is 0.333. The van der Waals surface area contributed by atoms with Crippen LogP contribution in [0.25, 0.3) is 0 Å². The molecule has 1 aliphatic rings. The van der Waals surface area contributed by atoms with Crippen molar-refractivity contribution < 1.29 is 14.3 Å². The van der Waals surface area contributed by atoms with E-state index in [4.69, 9.17) is 21.1 Å². The van der Waals surface area contributed by atoms with Crippen LogP contribution >= 0.6 is 11.6 Å². The maximum Gasteiger partial charge on any atom is 0.226 e. The zero-order chi connectivity index (χ0) is 15.9. The summed E-state index contributed by atoms with van der Waals surface area (Å²) in [5, 5.41) is 10.3. The lowest BCUT2D eigenvalue weighted by atomic mass is 9.85. The number of carbonyl (C=O) groups is 1. The Morgan fingerprint density at radius 2 is 2.09 bits per heavy atom. The molecule has 22 heavy (non-hydrogen) atoms. The quantitative estimate of drug-likeness (QED) is 0.911. The average molecular weight is 322 g/mol. The van der Waals surface area contributed by atoms with Crippen LogP contribution in [-0.2, 0) is 4.79 Å². The number of halogens is 1. The van der Waals surface area contributed by atoms with Crippen LogP contribution in [0.1, 0.15) is 29.2 Å². The summed E-state index contributed by atoms with van der Waals surface area (Å²) in [6.45, 7) is 1.93. The first-order valence-corrected chi connectivity index (χ1v) is 7.19. The number of anilines is 1. The van der Waals surface area contributed by atoms with Crippen molar-refractivity contribution in [3.05, 3.63) is 34.0 Å². The molecule has 0 spiro atoms. The lowest BCUT2D eigenvalue weighted by Crippen LogP contribution is -2.23. The smallest absolute Gasteiger partial charge is 0.226 e. The van der Waals surface area contributed by atoms with Crippen LogP contribution in [0.2, 0.25) is 5.02 Å². The van der Waals surface area contributed by atoms with Gasteiger partial charge in [0.15, 0.2) is 17.3 Å². The molecule has 0 bridgehead atoms. The number of fused-ring (bicyclic) bond motifs is 1. The highest BCUT2D eigenvalue weighted by molar-refractivity contribution is 6.32. The summed E-state index contributed by atoms with van der Waals surface area (Å²) in [5.41, 5.74) is 2.79. The molecule has 0 aliphatic carbocycles. The number of H-pyrrole nitrogens is 1. The Kier molecular flexibility index (Phi) is 3.70. The first-order valence-electron chi connectivity index (χ1n) is 6.81. The molecule has 1 unspecified atom stereocenters. The molecule has 1 atom stereocenters. The van der Waals surface area contributed by atoms with Crippen molar-refractivity contribution in [1.82, 2.24) is 10.2 Å². The predicted molar refractivity (Wildman–Crippen MR) is 83.0 cm³/mol. The van der Waals surface area contributed by atoms with Gasteiger partial charge in [-0.25, -0.2) is 0 Å². The molecule has 2 aromatic rings. The SMILES string of the molecule is COc1cc(C2CC(=O)Nc3n[nH]c(C)c32)cc(Cl)c1OC. The molecular formula is C15H16ClN3O3. The molecule has 0 saturated heterocycles. The Morgan fingerprint density at radius 1 is 1.32 bits per heavy atom. The van der Waals surface area contributed by atoms with E-state index in [-0.39, 0.29) is 11.8 Å². The number of benzene rings is 1. The van der Waals surface area contributed by atoms with Crippen molar-refractivity contribution in [1.29, 1.82) is 0 Å². The minimum absolute atomic E-state index is 0.0742. The Bertz CT molecular complexity index is 742. The van der Waals surface area contributed by atoms with Gasteiger partial charge in [-0.15, -0.1) is 0 Å². The lowest BCUT2D eigenvalue weighted by molar-refractivity contribution is -0.116. The molecule has 1 aromatic carbocycles. The summed E-state index contributed by atoms with van der Waals surface area (Å²) in [7, 11) is 3.09. The zero-order valence-corrected chi connectivity index (χ0v) is 13.2. The third-order valence-electron chi connectivity index (χ3n) is 3.85.